The van der Waals surface area contributed by atoms with Crippen LogP contribution in [0.1, 0.15) is 31.7 Å². The lowest BCUT2D eigenvalue weighted by Gasteiger charge is -2.08. The molecule has 0 saturated heterocycles. The molecule has 3 nitrogen and oxygen atoms in total. The van der Waals surface area contributed by atoms with Crippen LogP contribution in [0.5, 0.6) is 0 Å². The van der Waals surface area contributed by atoms with Crippen molar-refractivity contribution in [3.05, 3.63) is 22.4 Å². The van der Waals surface area contributed by atoms with Crippen LogP contribution in [0.15, 0.2) is 16.8 Å². The minimum atomic E-state index is -0.294. The molecule has 1 atom stereocenters. The van der Waals surface area contributed by atoms with Gasteiger partial charge in [-0.15, -0.1) is 0 Å². The predicted molar refractivity (Wildman–Crippen MR) is 66.6 cm³/mol. The summed E-state index contributed by atoms with van der Waals surface area (Å²) in [6.45, 7) is 2.50. The van der Waals surface area contributed by atoms with Crippen LogP contribution in [0.2, 0.25) is 0 Å². The van der Waals surface area contributed by atoms with Crippen molar-refractivity contribution in [2.24, 2.45) is 0 Å². The Morgan fingerprint density at radius 1 is 1.62 bits per heavy atom. The van der Waals surface area contributed by atoms with Crippen LogP contribution in [0.25, 0.3) is 0 Å². The van der Waals surface area contributed by atoms with Crippen molar-refractivity contribution in [2.45, 2.75) is 38.7 Å². The average molecular weight is 241 g/mol. The number of amides is 1. The number of thiophene rings is 1. The van der Waals surface area contributed by atoms with Crippen LogP contribution in [-0.2, 0) is 11.2 Å². The van der Waals surface area contributed by atoms with Gasteiger partial charge in [0.2, 0.25) is 5.91 Å². The van der Waals surface area contributed by atoms with E-state index in [1.165, 1.54) is 5.56 Å². The number of aliphatic hydroxyl groups is 1. The number of hydrogen-bond acceptors (Lipinski definition) is 3. The third kappa shape index (κ3) is 5.28. The van der Waals surface area contributed by atoms with E-state index in [9.17, 15) is 9.90 Å². The summed E-state index contributed by atoms with van der Waals surface area (Å²) in [6.07, 6.45) is 2.41. The number of aliphatic hydroxyl groups excluding tert-OH is 1. The molecule has 0 saturated carbocycles. The maximum Gasteiger partial charge on any atom is 0.220 e. The highest BCUT2D eigenvalue weighted by Gasteiger charge is 2.04. The zero-order valence-corrected chi connectivity index (χ0v) is 10.4. The van der Waals surface area contributed by atoms with E-state index in [1.54, 1.807) is 11.3 Å². The van der Waals surface area contributed by atoms with Crippen molar-refractivity contribution in [3.8, 4) is 0 Å². The van der Waals surface area contributed by atoms with Crippen molar-refractivity contribution in [1.82, 2.24) is 5.32 Å². The zero-order valence-electron chi connectivity index (χ0n) is 9.61. The Kier molecular flexibility index (Phi) is 6.11. The molecule has 0 bridgehead atoms. The fourth-order valence-corrected chi connectivity index (χ4v) is 2.07. The number of hydrogen-bond donors (Lipinski definition) is 2. The molecule has 1 amide bonds. The first-order valence-electron chi connectivity index (χ1n) is 5.68. The van der Waals surface area contributed by atoms with E-state index in [4.69, 9.17) is 0 Å². The largest absolute Gasteiger partial charge is 0.393 e. The van der Waals surface area contributed by atoms with Crippen molar-refractivity contribution in [3.63, 3.8) is 0 Å². The Labute approximate surface area is 100 Å². The normalized spacial score (nSPS) is 12.4. The van der Waals surface area contributed by atoms with Crippen LogP contribution in [0.4, 0.5) is 0 Å². The van der Waals surface area contributed by atoms with Gasteiger partial charge in [-0.05, 0) is 41.7 Å². The first-order chi connectivity index (χ1) is 7.72. The van der Waals surface area contributed by atoms with Crippen LogP contribution in [-0.4, -0.2) is 23.7 Å². The Bertz CT molecular complexity index is 298. The summed E-state index contributed by atoms with van der Waals surface area (Å²) in [5, 5.41) is 16.2. The first kappa shape index (κ1) is 13.2. The summed E-state index contributed by atoms with van der Waals surface area (Å²) < 4.78 is 0. The molecule has 0 aliphatic rings. The van der Waals surface area contributed by atoms with E-state index in [0.717, 1.165) is 12.8 Å². The highest BCUT2D eigenvalue weighted by atomic mass is 32.1. The standard InChI is InChI=1S/C12H19NO2S/c1-2-11(14)5-7-13-12(15)4-3-10-6-8-16-9-10/h6,8-9,11,14H,2-5,7H2,1H3,(H,13,15). The molecule has 0 aromatic carbocycles. The Balaban J connectivity index is 2.07. The van der Waals surface area contributed by atoms with Crippen LogP contribution >= 0.6 is 11.3 Å². The maximum absolute atomic E-state index is 11.4. The summed E-state index contributed by atoms with van der Waals surface area (Å²) in [5.41, 5.74) is 1.22. The summed E-state index contributed by atoms with van der Waals surface area (Å²) in [6, 6.07) is 2.04. The molecule has 1 unspecified atom stereocenters. The Morgan fingerprint density at radius 3 is 3.06 bits per heavy atom. The second kappa shape index (κ2) is 7.41. The highest BCUT2D eigenvalue weighted by molar-refractivity contribution is 7.07. The Morgan fingerprint density at radius 2 is 2.44 bits per heavy atom. The zero-order chi connectivity index (χ0) is 11.8. The van der Waals surface area contributed by atoms with Crippen LogP contribution in [0.3, 0.4) is 0 Å². The molecular weight excluding hydrogens is 222 g/mol. The molecular formula is C12H19NO2S. The number of nitrogens with one attached hydrogen (secondary N) is 1. The molecule has 4 heteroatoms. The molecule has 0 spiro atoms. The van der Waals surface area contributed by atoms with Gasteiger partial charge in [0.15, 0.2) is 0 Å². The van der Waals surface area contributed by atoms with Gasteiger partial charge in [-0.25, -0.2) is 0 Å². The van der Waals surface area contributed by atoms with Gasteiger partial charge in [-0.2, -0.15) is 11.3 Å². The van der Waals surface area contributed by atoms with E-state index < -0.39 is 0 Å². The molecule has 0 radical (unpaired) electrons. The number of carbonyl (C=O) groups is 1. The van der Waals surface area contributed by atoms with E-state index >= 15 is 0 Å². The van der Waals surface area contributed by atoms with E-state index in [2.05, 4.69) is 10.7 Å². The monoisotopic (exact) mass is 241 g/mol. The Hall–Kier alpha value is -0.870. The van der Waals surface area contributed by atoms with Crippen LogP contribution < -0.4 is 5.32 Å². The molecule has 1 heterocycles. The molecule has 90 valence electrons. The minimum Gasteiger partial charge on any atom is -0.393 e. The highest BCUT2D eigenvalue weighted by Crippen LogP contribution is 2.08. The van der Waals surface area contributed by atoms with E-state index in [0.29, 0.717) is 19.4 Å². The number of aryl methyl sites for hydroxylation is 1. The number of rotatable bonds is 7. The lowest BCUT2D eigenvalue weighted by Crippen LogP contribution is -2.27. The van der Waals surface area contributed by atoms with Gasteiger partial charge in [-0.3, -0.25) is 4.79 Å². The quantitative estimate of drug-likeness (QED) is 0.766. The van der Waals surface area contributed by atoms with Gasteiger partial charge >= 0.3 is 0 Å². The first-order valence-corrected chi connectivity index (χ1v) is 6.62. The van der Waals surface area contributed by atoms with Gasteiger partial charge in [-0.1, -0.05) is 6.92 Å². The molecule has 1 aromatic heterocycles. The van der Waals surface area contributed by atoms with Crippen molar-refractivity contribution in [2.75, 3.05) is 6.54 Å². The molecule has 16 heavy (non-hydrogen) atoms. The third-order valence-electron chi connectivity index (χ3n) is 2.49. The summed E-state index contributed by atoms with van der Waals surface area (Å²) in [7, 11) is 0. The lowest BCUT2D eigenvalue weighted by atomic mass is 10.2. The van der Waals surface area contributed by atoms with Gasteiger partial charge < -0.3 is 10.4 Å². The summed E-state index contributed by atoms with van der Waals surface area (Å²) in [4.78, 5) is 11.4. The summed E-state index contributed by atoms with van der Waals surface area (Å²) >= 11 is 1.65. The van der Waals surface area contributed by atoms with E-state index in [1.807, 2.05) is 18.4 Å². The van der Waals surface area contributed by atoms with Gasteiger partial charge in [0.05, 0.1) is 6.10 Å². The lowest BCUT2D eigenvalue weighted by molar-refractivity contribution is -0.121. The fourth-order valence-electron chi connectivity index (χ4n) is 1.36. The topological polar surface area (TPSA) is 49.3 Å². The fraction of sp³-hybridized carbons (Fsp3) is 0.583. The molecule has 0 aliphatic heterocycles. The number of carbonyl (C=O) groups excluding carboxylic acids is 1. The average Bonchev–Trinajstić information content (AvgIpc) is 2.79. The van der Waals surface area contributed by atoms with Gasteiger partial charge in [0, 0.05) is 13.0 Å². The maximum atomic E-state index is 11.4. The smallest absolute Gasteiger partial charge is 0.220 e. The molecule has 0 aliphatic carbocycles. The van der Waals surface area contributed by atoms with Crippen molar-refractivity contribution in [1.29, 1.82) is 0 Å². The van der Waals surface area contributed by atoms with Crippen LogP contribution in [0, 0.1) is 0 Å². The van der Waals surface area contributed by atoms with Gasteiger partial charge in [0.1, 0.15) is 0 Å². The summed E-state index contributed by atoms with van der Waals surface area (Å²) in [5.74, 6) is 0.0644. The third-order valence-corrected chi connectivity index (χ3v) is 3.22. The van der Waals surface area contributed by atoms with Crippen molar-refractivity contribution >= 4 is 17.2 Å². The van der Waals surface area contributed by atoms with Gasteiger partial charge in [0.25, 0.3) is 0 Å². The second-order valence-corrected chi connectivity index (χ2v) is 4.61. The minimum absolute atomic E-state index is 0.0644. The second-order valence-electron chi connectivity index (χ2n) is 3.83. The van der Waals surface area contributed by atoms with E-state index in [-0.39, 0.29) is 12.0 Å². The molecule has 1 rings (SSSR count). The molecule has 2 N–H and O–H groups in total. The van der Waals surface area contributed by atoms with Crippen molar-refractivity contribution < 1.29 is 9.90 Å². The predicted octanol–water partition coefficient (Wildman–Crippen LogP) is 1.96. The SMILES string of the molecule is CCC(O)CCNC(=O)CCc1ccsc1. The molecule has 1 aromatic rings. The molecule has 0 fully saturated rings.